The minimum absolute atomic E-state index is 0.0270. The van der Waals surface area contributed by atoms with Crippen molar-refractivity contribution in [1.82, 2.24) is 5.32 Å². The lowest BCUT2D eigenvalue weighted by Gasteiger charge is -2.05. The number of carbonyl (C=O) groups excluding carboxylic acids is 2. The number of benzene rings is 1. The Morgan fingerprint density at radius 2 is 2.04 bits per heavy atom. The third kappa shape index (κ3) is 3.70. The van der Waals surface area contributed by atoms with Gasteiger partial charge in [0.05, 0.1) is 22.6 Å². The number of nitro groups is 1. The van der Waals surface area contributed by atoms with Crippen LogP contribution in [0.25, 0.3) is 0 Å². The average Bonchev–Trinajstić information content (AvgIpc) is 3.30. The van der Waals surface area contributed by atoms with Gasteiger partial charge in [-0.05, 0) is 43.3 Å². The first-order valence-corrected chi connectivity index (χ1v) is 8.47. The molecule has 0 unspecified atom stereocenters. The lowest BCUT2D eigenvalue weighted by Crippen LogP contribution is -2.22. The predicted octanol–water partition coefficient (Wildman–Crippen LogP) is 3.72. The van der Waals surface area contributed by atoms with E-state index in [0.717, 1.165) is 4.88 Å². The van der Waals surface area contributed by atoms with Crippen molar-refractivity contribution in [3.8, 4) is 0 Å². The molecule has 132 valence electrons. The molecule has 0 aliphatic carbocycles. The van der Waals surface area contributed by atoms with Crippen LogP contribution in [0.15, 0.2) is 53.1 Å². The SMILES string of the molecule is Cc1cc(C(=O)NCc2ccc(C(=O)c3ccco3)s2)ccc1[N+](=O)[O-]. The fraction of sp³-hybridized carbons (Fsp3) is 0.111. The number of carbonyl (C=O) groups is 2. The molecule has 0 fully saturated rings. The lowest BCUT2D eigenvalue weighted by atomic mass is 10.1. The van der Waals surface area contributed by atoms with E-state index in [0.29, 0.717) is 16.0 Å². The van der Waals surface area contributed by atoms with Crippen molar-refractivity contribution >= 4 is 28.7 Å². The highest BCUT2D eigenvalue weighted by atomic mass is 32.1. The van der Waals surface area contributed by atoms with Crippen LogP contribution in [0.3, 0.4) is 0 Å². The molecule has 8 heteroatoms. The summed E-state index contributed by atoms with van der Waals surface area (Å²) in [5, 5.41) is 13.6. The molecular weight excluding hydrogens is 356 g/mol. The lowest BCUT2D eigenvalue weighted by molar-refractivity contribution is -0.385. The Bertz CT molecular complexity index is 975. The monoisotopic (exact) mass is 370 g/mol. The largest absolute Gasteiger partial charge is 0.461 e. The number of nitrogens with one attached hydrogen (secondary N) is 1. The molecule has 3 rings (SSSR count). The van der Waals surface area contributed by atoms with Crippen LogP contribution in [-0.4, -0.2) is 16.6 Å². The van der Waals surface area contributed by atoms with Gasteiger partial charge in [0.2, 0.25) is 5.78 Å². The van der Waals surface area contributed by atoms with Gasteiger partial charge in [-0.1, -0.05) is 0 Å². The smallest absolute Gasteiger partial charge is 0.272 e. The maximum Gasteiger partial charge on any atom is 0.272 e. The highest BCUT2D eigenvalue weighted by molar-refractivity contribution is 7.14. The number of nitro benzene ring substituents is 1. The molecule has 0 aliphatic heterocycles. The Morgan fingerprint density at radius 1 is 1.23 bits per heavy atom. The summed E-state index contributed by atoms with van der Waals surface area (Å²) >= 11 is 1.27. The van der Waals surface area contributed by atoms with E-state index in [1.807, 2.05) is 0 Å². The van der Waals surface area contributed by atoms with Gasteiger partial charge in [0.25, 0.3) is 11.6 Å². The summed E-state index contributed by atoms with van der Waals surface area (Å²) in [5.74, 6) is -0.275. The van der Waals surface area contributed by atoms with E-state index in [1.165, 1.54) is 35.8 Å². The van der Waals surface area contributed by atoms with Crippen LogP contribution in [-0.2, 0) is 6.54 Å². The zero-order valence-corrected chi connectivity index (χ0v) is 14.5. The Labute approximate surface area is 152 Å². The van der Waals surface area contributed by atoms with E-state index in [2.05, 4.69) is 5.32 Å². The normalized spacial score (nSPS) is 10.5. The van der Waals surface area contributed by atoms with Gasteiger partial charge in [-0.15, -0.1) is 11.3 Å². The number of hydrogen-bond acceptors (Lipinski definition) is 6. The van der Waals surface area contributed by atoms with Crippen molar-refractivity contribution < 1.29 is 18.9 Å². The van der Waals surface area contributed by atoms with E-state index in [4.69, 9.17) is 4.42 Å². The van der Waals surface area contributed by atoms with Crippen LogP contribution >= 0.6 is 11.3 Å². The number of rotatable bonds is 6. The predicted molar refractivity (Wildman–Crippen MR) is 95.5 cm³/mol. The molecule has 2 heterocycles. The summed E-state index contributed by atoms with van der Waals surface area (Å²) in [5.41, 5.74) is 0.738. The molecule has 0 saturated heterocycles. The standard InChI is InChI=1S/C18H14N2O5S/c1-11-9-12(4-6-14(11)20(23)24)18(22)19-10-13-5-7-16(26-13)17(21)15-3-2-8-25-15/h2-9H,10H2,1H3,(H,19,22). The van der Waals surface area contributed by atoms with E-state index in [1.54, 1.807) is 31.2 Å². The minimum atomic E-state index is -0.486. The molecule has 0 radical (unpaired) electrons. The molecule has 0 saturated carbocycles. The van der Waals surface area contributed by atoms with Gasteiger partial charge in [-0.3, -0.25) is 19.7 Å². The maximum absolute atomic E-state index is 12.2. The summed E-state index contributed by atoms with van der Waals surface area (Å²) in [6.07, 6.45) is 1.44. The number of nitrogens with zero attached hydrogens (tertiary/aromatic N) is 1. The number of furan rings is 1. The molecule has 1 amide bonds. The fourth-order valence-electron chi connectivity index (χ4n) is 2.40. The first-order valence-electron chi connectivity index (χ1n) is 7.66. The maximum atomic E-state index is 12.2. The van der Waals surface area contributed by atoms with Gasteiger partial charge < -0.3 is 9.73 Å². The molecule has 0 spiro atoms. The van der Waals surface area contributed by atoms with Crippen molar-refractivity contribution in [2.24, 2.45) is 0 Å². The van der Waals surface area contributed by atoms with Crippen molar-refractivity contribution in [2.45, 2.75) is 13.5 Å². The average molecular weight is 370 g/mol. The second kappa shape index (κ2) is 7.32. The number of ketones is 1. The fourth-order valence-corrected chi connectivity index (χ4v) is 3.29. The van der Waals surface area contributed by atoms with E-state index in [-0.39, 0.29) is 29.7 Å². The second-order valence-electron chi connectivity index (χ2n) is 5.51. The summed E-state index contributed by atoms with van der Waals surface area (Å²) in [7, 11) is 0. The van der Waals surface area contributed by atoms with Crippen LogP contribution < -0.4 is 5.32 Å². The van der Waals surface area contributed by atoms with Gasteiger partial charge in [0.15, 0.2) is 5.76 Å². The van der Waals surface area contributed by atoms with Crippen LogP contribution in [0.4, 0.5) is 5.69 Å². The Balaban J connectivity index is 1.64. The molecule has 3 aromatic rings. The van der Waals surface area contributed by atoms with Crippen LogP contribution in [0, 0.1) is 17.0 Å². The molecule has 1 aromatic carbocycles. The summed E-state index contributed by atoms with van der Waals surface area (Å²) < 4.78 is 5.09. The molecule has 0 atom stereocenters. The van der Waals surface area contributed by atoms with Crippen molar-refractivity contribution in [2.75, 3.05) is 0 Å². The van der Waals surface area contributed by atoms with Crippen LogP contribution in [0.2, 0.25) is 0 Å². The van der Waals surface area contributed by atoms with Crippen molar-refractivity contribution in [1.29, 1.82) is 0 Å². The molecule has 0 bridgehead atoms. The first kappa shape index (κ1) is 17.6. The van der Waals surface area contributed by atoms with Crippen molar-refractivity contribution in [3.63, 3.8) is 0 Å². The topological polar surface area (TPSA) is 102 Å². The molecule has 0 aliphatic rings. The van der Waals surface area contributed by atoms with Gasteiger partial charge in [0.1, 0.15) is 0 Å². The molecule has 1 N–H and O–H groups in total. The highest BCUT2D eigenvalue weighted by Gasteiger charge is 2.16. The van der Waals surface area contributed by atoms with Gasteiger partial charge >= 0.3 is 0 Å². The summed E-state index contributed by atoms with van der Waals surface area (Å²) in [4.78, 5) is 36.1. The van der Waals surface area contributed by atoms with Crippen molar-refractivity contribution in [3.05, 3.63) is 85.5 Å². The summed E-state index contributed by atoms with van der Waals surface area (Å²) in [6.45, 7) is 1.84. The summed E-state index contributed by atoms with van der Waals surface area (Å²) in [6, 6.07) is 10.9. The number of amides is 1. The van der Waals surface area contributed by atoms with E-state index >= 15 is 0 Å². The molecular formula is C18H14N2O5S. The Kier molecular flexibility index (Phi) is 4.94. The molecule has 7 nitrogen and oxygen atoms in total. The quantitative estimate of drug-likeness (QED) is 0.405. The zero-order chi connectivity index (χ0) is 18.7. The third-order valence-corrected chi connectivity index (χ3v) is 4.79. The number of hydrogen-bond donors (Lipinski definition) is 1. The Morgan fingerprint density at radius 3 is 2.69 bits per heavy atom. The third-order valence-electron chi connectivity index (χ3n) is 3.71. The number of aryl methyl sites for hydroxylation is 1. The molecule has 26 heavy (non-hydrogen) atoms. The van der Waals surface area contributed by atoms with Crippen LogP contribution in [0.1, 0.15) is 36.2 Å². The zero-order valence-electron chi connectivity index (χ0n) is 13.7. The van der Waals surface area contributed by atoms with E-state index in [9.17, 15) is 19.7 Å². The van der Waals surface area contributed by atoms with Gasteiger partial charge in [-0.2, -0.15) is 0 Å². The van der Waals surface area contributed by atoms with E-state index < -0.39 is 4.92 Å². The first-order chi connectivity index (χ1) is 12.5. The minimum Gasteiger partial charge on any atom is -0.461 e. The van der Waals surface area contributed by atoms with Crippen LogP contribution in [0.5, 0.6) is 0 Å². The number of thiophene rings is 1. The second-order valence-corrected chi connectivity index (χ2v) is 6.68. The van der Waals surface area contributed by atoms with Gasteiger partial charge in [-0.25, -0.2) is 0 Å². The van der Waals surface area contributed by atoms with Gasteiger partial charge in [0, 0.05) is 22.1 Å². The molecule has 2 aromatic heterocycles. The highest BCUT2D eigenvalue weighted by Crippen LogP contribution is 2.21. The Hall–Kier alpha value is -3.26.